The van der Waals surface area contributed by atoms with Gasteiger partial charge in [-0.25, -0.2) is 27.9 Å². The third-order valence-corrected chi connectivity index (χ3v) is 16.6. The summed E-state index contributed by atoms with van der Waals surface area (Å²) in [5.41, 5.74) is 20.6. The van der Waals surface area contributed by atoms with Crippen molar-refractivity contribution in [2.45, 2.75) is 39.9 Å². The van der Waals surface area contributed by atoms with E-state index in [0.717, 1.165) is 28.7 Å². The van der Waals surface area contributed by atoms with Crippen molar-refractivity contribution < 1.29 is 45.8 Å². The fourth-order valence-electron chi connectivity index (χ4n) is 9.99. The van der Waals surface area contributed by atoms with Crippen molar-refractivity contribution in [2.24, 2.45) is 11.7 Å². The number of benzene rings is 2. The van der Waals surface area contributed by atoms with Crippen LogP contribution in [0.15, 0.2) is 85.5 Å². The standard InChI is InChI=1S/C29H35FN10O4S.C26H26F2N8O5S/c1-17(2)22(31)27(41)33-7-15-43-18-5-6-20(19(30)16-18)38-11-8-37(9-12-38)10-13-39-25-23(45-29(39)42)26-34-24(21-4-3-14-44-21)36-40(26)28(32)35-25;1-2-39-20(37)14-41-19-13-17(15(27)12-16(19)28)34-8-5-33(6-9-34)7-10-35-23-21(42-26(35)38)24-30-22(18-4-3-11-40-18)32-36(24)25(29)31-23/h3-6,14,16-17,22H,7-13,15,31H2,1-2H3,(H2,32,35)(H,33,41);3-4,11-13H,2,5-10,14H2,1H3,(H2,29,31)/t22-;/m0./s1. The van der Waals surface area contributed by atoms with E-state index in [1.807, 2.05) is 18.7 Å². The number of furan rings is 2. The third-order valence-electron chi connectivity index (χ3n) is 14.7. The molecule has 87 heavy (non-hydrogen) atoms. The lowest BCUT2D eigenvalue weighted by Crippen LogP contribution is -2.47. The van der Waals surface area contributed by atoms with Gasteiger partial charge in [-0.15, -0.1) is 10.2 Å². The van der Waals surface area contributed by atoms with Crippen LogP contribution in [0.4, 0.5) is 36.4 Å². The summed E-state index contributed by atoms with van der Waals surface area (Å²) >= 11 is 2.08. The molecule has 32 heteroatoms. The number of nitrogens with two attached hydrogens (primary N) is 3. The van der Waals surface area contributed by atoms with Crippen molar-refractivity contribution in [2.75, 3.05) is 113 Å². The van der Waals surface area contributed by atoms with Gasteiger partial charge in [0.2, 0.25) is 29.5 Å². The molecular weight excluding hydrogens is 1180 g/mol. The summed E-state index contributed by atoms with van der Waals surface area (Å²) in [7, 11) is 0. The van der Waals surface area contributed by atoms with Crippen molar-refractivity contribution >= 4 is 89.8 Å². The van der Waals surface area contributed by atoms with Crippen LogP contribution in [0.5, 0.6) is 11.5 Å². The van der Waals surface area contributed by atoms with E-state index < -0.39 is 30.3 Å². The zero-order chi connectivity index (χ0) is 61.0. The van der Waals surface area contributed by atoms with Crippen LogP contribution in [0.25, 0.3) is 55.2 Å². The number of rotatable bonds is 20. The number of anilines is 4. The number of ether oxygens (including phenoxy) is 3. The predicted octanol–water partition coefficient (Wildman–Crippen LogP) is 4.17. The second kappa shape index (κ2) is 25.8. The molecule has 2 aliphatic rings. The topological polar surface area (TPSA) is 321 Å². The maximum atomic E-state index is 15.0. The summed E-state index contributed by atoms with van der Waals surface area (Å²) in [6, 6.07) is 13.2. The Morgan fingerprint density at radius 3 is 1.69 bits per heavy atom. The van der Waals surface area contributed by atoms with Gasteiger partial charge in [0.25, 0.3) is 0 Å². The third kappa shape index (κ3) is 12.9. The zero-order valence-corrected chi connectivity index (χ0v) is 49.1. The molecule has 0 unspecified atom stereocenters. The van der Waals surface area contributed by atoms with E-state index in [4.69, 9.17) is 40.2 Å². The number of hydrogen-bond acceptors (Lipinski definition) is 24. The van der Waals surface area contributed by atoms with Gasteiger partial charge < -0.3 is 55.4 Å². The van der Waals surface area contributed by atoms with E-state index in [1.54, 1.807) is 57.4 Å². The minimum absolute atomic E-state index is 0.0350. The minimum atomic E-state index is -0.901. The Bertz CT molecular complexity index is 4210. The molecule has 1 amide bonds. The number of thiazole rings is 2. The molecule has 12 rings (SSSR count). The van der Waals surface area contributed by atoms with Crippen LogP contribution in [0.1, 0.15) is 20.8 Å². The number of carbonyl (C=O) groups is 2. The summed E-state index contributed by atoms with van der Waals surface area (Å²) in [6.07, 6.45) is 3.05. The van der Waals surface area contributed by atoms with E-state index in [2.05, 4.69) is 45.2 Å². The average molecular weight is 1240 g/mol. The lowest BCUT2D eigenvalue weighted by atomic mass is 10.1. The highest BCUT2D eigenvalue weighted by atomic mass is 32.1. The van der Waals surface area contributed by atoms with Gasteiger partial charge in [0.1, 0.15) is 33.4 Å². The number of esters is 1. The van der Waals surface area contributed by atoms with E-state index in [-0.39, 0.29) is 70.5 Å². The number of aromatic nitrogens is 10. The van der Waals surface area contributed by atoms with Gasteiger partial charge in [0, 0.05) is 96.7 Å². The van der Waals surface area contributed by atoms with Gasteiger partial charge in [-0.2, -0.15) is 19.0 Å². The number of piperazine rings is 2. The zero-order valence-electron chi connectivity index (χ0n) is 47.4. The van der Waals surface area contributed by atoms with Gasteiger partial charge in [-0.05, 0) is 49.2 Å². The first-order chi connectivity index (χ1) is 42.0. The highest BCUT2D eigenvalue weighted by molar-refractivity contribution is 7.17. The smallest absolute Gasteiger partial charge is 0.344 e. The lowest BCUT2D eigenvalue weighted by Gasteiger charge is -2.36. The molecule has 458 valence electrons. The molecule has 2 aliphatic heterocycles. The summed E-state index contributed by atoms with van der Waals surface area (Å²) in [4.78, 5) is 75.3. The van der Waals surface area contributed by atoms with Crippen LogP contribution in [0, 0.1) is 23.4 Å². The van der Waals surface area contributed by atoms with Gasteiger partial charge in [-0.3, -0.25) is 33.3 Å². The highest BCUT2D eigenvalue weighted by Crippen LogP contribution is 2.31. The summed E-state index contributed by atoms with van der Waals surface area (Å²) in [5.74, 6) is -0.804. The van der Waals surface area contributed by atoms with E-state index in [1.165, 1.54) is 33.7 Å². The van der Waals surface area contributed by atoms with Gasteiger partial charge in [0.15, 0.2) is 52.3 Å². The van der Waals surface area contributed by atoms with Gasteiger partial charge >= 0.3 is 15.7 Å². The molecule has 0 bridgehead atoms. The Kier molecular flexibility index (Phi) is 17.7. The molecule has 2 saturated heterocycles. The molecule has 10 aromatic rings. The van der Waals surface area contributed by atoms with Gasteiger partial charge in [0.05, 0.1) is 43.1 Å². The number of amides is 1. The highest BCUT2D eigenvalue weighted by Gasteiger charge is 2.27. The molecule has 0 radical (unpaired) electrons. The maximum Gasteiger partial charge on any atom is 0.344 e. The molecule has 7 N–H and O–H groups in total. The first-order valence-electron chi connectivity index (χ1n) is 27.9. The molecule has 8 aromatic heterocycles. The van der Waals surface area contributed by atoms with Crippen LogP contribution in [-0.4, -0.2) is 168 Å². The van der Waals surface area contributed by atoms with Crippen LogP contribution in [0.2, 0.25) is 0 Å². The van der Waals surface area contributed by atoms with Gasteiger partial charge in [-0.1, -0.05) is 36.5 Å². The quantitative estimate of drug-likeness (QED) is 0.0614. The Labute approximate surface area is 500 Å². The molecule has 0 saturated carbocycles. The second-order valence-electron chi connectivity index (χ2n) is 20.6. The maximum absolute atomic E-state index is 15.0. The van der Waals surface area contributed by atoms with Crippen LogP contribution < -0.4 is 51.5 Å². The van der Waals surface area contributed by atoms with Crippen molar-refractivity contribution in [1.82, 2.24) is 63.4 Å². The van der Waals surface area contributed by atoms with Crippen molar-refractivity contribution in [3.8, 4) is 34.7 Å². The monoisotopic (exact) mass is 1240 g/mol. The Hall–Kier alpha value is -9.11. The molecule has 27 nitrogen and oxygen atoms in total. The number of carbonyl (C=O) groups excluding carboxylic acids is 2. The number of nitrogens with zero attached hydrogens (tertiary/aromatic N) is 14. The van der Waals surface area contributed by atoms with E-state index in [9.17, 15) is 28.0 Å². The van der Waals surface area contributed by atoms with Crippen LogP contribution in [0.3, 0.4) is 0 Å². The molecular formula is C55H61F3N18O9S2. The van der Waals surface area contributed by atoms with Crippen molar-refractivity contribution in [3.63, 3.8) is 0 Å². The number of fused-ring (bicyclic) bond motifs is 6. The summed E-state index contributed by atoms with van der Waals surface area (Å²) < 4.78 is 77.5. The number of hydrogen-bond donors (Lipinski definition) is 4. The predicted molar refractivity (Wildman–Crippen MR) is 319 cm³/mol. The van der Waals surface area contributed by atoms with Crippen molar-refractivity contribution in [3.05, 3.63) is 104 Å². The summed E-state index contributed by atoms with van der Waals surface area (Å²) in [5, 5.41) is 11.5. The largest absolute Gasteiger partial charge is 0.492 e. The number of nitrogens with one attached hydrogen (secondary N) is 1. The SMILES string of the molecule is CC(C)[C@H](N)C(=O)NCCOc1ccc(N2CCN(CCn3c(=O)sc4c3nc(N)n3nc(-c5ccco5)nc43)CC2)c(F)c1.CCOC(=O)COc1cc(N2CCN(CCn3c(=O)sc4c3nc(N)n3nc(-c5ccco5)nc43)CC2)c(F)cc1F. The first kappa shape index (κ1) is 59.6. The average Bonchev–Trinajstić information content (AvgIpc) is 2.55. The minimum Gasteiger partial charge on any atom is -0.492 e. The Balaban J connectivity index is 0.000000181. The number of nitrogen functional groups attached to an aromatic ring is 2. The van der Waals surface area contributed by atoms with E-state index >= 15 is 4.39 Å². The molecule has 2 fully saturated rings. The normalized spacial score (nSPS) is 14.6. The van der Waals surface area contributed by atoms with Crippen molar-refractivity contribution in [1.29, 1.82) is 0 Å². The molecule has 0 spiro atoms. The molecule has 2 aromatic carbocycles. The van der Waals surface area contributed by atoms with Crippen LogP contribution in [-0.2, 0) is 27.4 Å². The Morgan fingerprint density at radius 1 is 0.667 bits per heavy atom. The molecule has 10 heterocycles. The van der Waals surface area contributed by atoms with Crippen LogP contribution >= 0.6 is 22.7 Å². The molecule has 1 atom stereocenters. The lowest BCUT2D eigenvalue weighted by molar-refractivity contribution is -0.145. The Morgan fingerprint density at radius 2 is 1.20 bits per heavy atom. The molecule has 0 aliphatic carbocycles. The summed E-state index contributed by atoms with van der Waals surface area (Å²) in [6.45, 7) is 12.2. The first-order valence-corrected chi connectivity index (χ1v) is 29.5. The fourth-order valence-corrected chi connectivity index (χ4v) is 11.9. The van der Waals surface area contributed by atoms with E-state index in [0.29, 0.717) is 145 Å². The second-order valence-corrected chi connectivity index (χ2v) is 22.5. The number of halogens is 3. The fraction of sp³-hybridized carbons (Fsp3) is 0.382.